The van der Waals surface area contributed by atoms with Gasteiger partial charge in [-0.15, -0.1) is 0 Å². The van der Waals surface area contributed by atoms with Crippen molar-refractivity contribution in [1.29, 1.82) is 0 Å². The van der Waals surface area contributed by atoms with E-state index in [2.05, 4.69) is 5.32 Å². The number of halogens is 1. The van der Waals surface area contributed by atoms with Crippen molar-refractivity contribution >= 4 is 17.3 Å². The van der Waals surface area contributed by atoms with E-state index >= 15 is 0 Å². The van der Waals surface area contributed by atoms with Crippen LogP contribution in [0.5, 0.6) is 5.75 Å². The average Bonchev–Trinajstić information content (AvgIpc) is 2.46. The van der Waals surface area contributed by atoms with Gasteiger partial charge in [-0.1, -0.05) is 29.8 Å². The summed E-state index contributed by atoms with van der Waals surface area (Å²) < 4.78 is 5.43. The maximum absolute atomic E-state index is 10.1. The maximum atomic E-state index is 10.1. The van der Waals surface area contributed by atoms with Gasteiger partial charge in [-0.25, -0.2) is 0 Å². The fraction of sp³-hybridized carbons (Fsp3) is 0.250. The predicted octanol–water partition coefficient (Wildman–Crippen LogP) is 3.88. The van der Waals surface area contributed by atoms with Crippen LogP contribution in [0.2, 0.25) is 5.02 Å². The molecule has 3 nitrogen and oxygen atoms in total. The van der Waals surface area contributed by atoms with Crippen molar-refractivity contribution in [3.05, 3.63) is 59.1 Å². The number of benzene rings is 2. The first kappa shape index (κ1) is 14.7. The van der Waals surface area contributed by atoms with Gasteiger partial charge in [0, 0.05) is 23.3 Å². The molecule has 0 fully saturated rings. The molecule has 0 saturated carbocycles. The molecule has 0 amide bonds. The standard InChI is InChI=1S/C16H18ClNO2/c1-2-20-15-5-3-4-14(10-15)18-11-16(19)12-6-8-13(17)9-7-12/h3-10,16,18-19H,2,11H2,1H3. The summed E-state index contributed by atoms with van der Waals surface area (Å²) in [6.07, 6.45) is -0.581. The molecule has 0 aliphatic rings. The average molecular weight is 292 g/mol. The highest BCUT2D eigenvalue weighted by Gasteiger charge is 2.07. The molecule has 0 bridgehead atoms. The van der Waals surface area contributed by atoms with E-state index in [0.29, 0.717) is 18.2 Å². The fourth-order valence-electron chi connectivity index (χ4n) is 1.88. The van der Waals surface area contributed by atoms with Crippen molar-refractivity contribution in [2.75, 3.05) is 18.5 Å². The van der Waals surface area contributed by atoms with Crippen molar-refractivity contribution in [2.24, 2.45) is 0 Å². The smallest absolute Gasteiger partial charge is 0.121 e. The number of rotatable bonds is 6. The summed E-state index contributed by atoms with van der Waals surface area (Å²) in [6.45, 7) is 3.01. The van der Waals surface area contributed by atoms with Crippen molar-refractivity contribution in [3.63, 3.8) is 0 Å². The zero-order chi connectivity index (χ0) is 14.4. The van der Waals surface area contributed by atoms with Crippen LogP contribution in [0.4, 0.5) is 5.69 Å². The van der Waals surface area contributed by atoms with Crippen molar-refractivity contribution < 1.29 is 9.84 Å². The Balaban J connectivity index is 1.94. The SMILES string of the molecule is CCOc1cccc(NCC(O)c2ccc(Cl)cc2)c1. The third kappa shape index (κ3) is 4.15. The van der Waals surface area contributed by atoms with Gasteiger partial charge in [0.05, 0.1) is 12.7 Å². The van der Waals surface area contributed by atoms with Crippen molar-refractivity contribution in [1.82, 2.24) is 0 Å². The Bertz CT molecular complexity index is 542. The van der Waals surface area contributed by atoms with Crippen LogP contribution in [0, 0.1) is 0 Å². The van der Waals surface area contributed by atoms with E-state index in [-0.39, 0.29) is 0 Å². The number of aliphatic hydroxyl groups excluding tert-OH is 1. The second kappa shape index (κ2) is 7.17. The van der Waals surface area contributed by atoms with Gasteiger partial charge >= 0.3 is 0 Å². The molecule has 4 heteroatoms. The van der Waals surface area contributed by atoms with Crippen molar-refractivity contribution in [2.45, 2.75) is 13.0 Å². The van der Waals surface area contributed by atoms with Crippen LogP contribution in [-0.2, 0) is 0 Å². The summed E-state index contributed by atoms with van der Waals surface area (Å²) in [5.41, 5.74) is 1.76. The highest BCUT2D eigenvalue weighted by molar-refractivity contribution is 6.30. The second-order valence-corrected chi connectivity index (χ2v) is 4.85. The van der Waals surface area contributed by atoms with Crippen LogP contribution in [0.25, 0.3) is 0 Å². The van der Waals surface area contributed by atoms with Crippen LogP contribution < -0.4 is 10.1 Å². The highest BCUT2D eigenvalue weighted by atomic mass is 35.5. The lowest BCUT2D eigenvalue weighted by molar-refractivity contribution is 0.191. The molecule has 1 unspecified atom stereocenters. The van der Waals surface area contributed by atoms with E-state index in [1.165, 1.54) is 0 Å². The molecule has 0 aromatic heterocycles. The lowest BCUT2D eigenvalue weighted by Crippen LogP contribution is -2.12. The third-order valence-corrected chi connectivity index (χ3v) is 3.15. The number of hydrogen-bond donors (Lipinski definition) is 2. The third-order valence-electron chi connectivity index (χ3n) is 2.90. The van der Waals surface area contributed by atoms with E-state index in [4.69, 9.17) is 16.3 Å². The molecule has 2 aromatic carbocycles. The molecule has 0 spiro atoms. The summed E-state index contributed by atoms with van der Waals surface area (Å²) >= 11 is 5.83. The van der Waals surface area contributed by atoms with E-state index in [9.17, 15) is 5.11 Å². The minimum absolute atomic E-state index is 0.428. The van der Waals surface area contributed by atoms with E-state index in [1.54, 1.807) is 12.1 Å². The van der Waals surface area contributed by atoms with Crippen LogP contribution in [0.1, 0.15) is 18.6 Å². The minimum atomic E-state index is -0.581. The summed E-state index contributed by atoms with van der Waals surface area (Å²) in [4.78, 5) is 0. The summed E-state index contributed by atoms with van der Waals surface area (Å²) in [5.74, 6) is 0.818. The summed E-state index contributed by atoms with van der Waals surface area (Å²) in [7, 11) is 0. The number of anilines is 1. The Morgan fingerprint density at radius 3 is 2.65 bits per heavy atom. The Kier molecular flexibility index (Phi) is 5.27. The predicted molar refractivity (Wildman–Crippen MR) is 82.5 cm³/mol. The molecule has 0 radical (unpaired) electrons. The molecule has 0 aliphatic heterocycles. The first-order valence-electron chi connectivity index (χ1n) is 6.59. The van der Waals surface area contributed by atoms with Gasteiger partial charge in [-0.2, -0.15) is 0 Å². The quantitative estimate of drug-likeness (QED) is 0.848. The van der Waals surface area contributed by atoms with Gasteiger partial charge < -0.3 is 15.2 Å². The minimum Gasteiger partial charge on any atom is -0.494 e. The van der Waals surface area contributed by atoms with Gasteiger partial charge in [0.25, 0.3) is 0 Å². The molecular weight excluding hydrogens is 274 g/mol. The Morgan fingerprint density at radius 2 is 1.95 bits per heavy atom. The zero-order valence-corrected chi connectivity index (χ0v) is 12.1. The molecule has 0 saturated heterocycles. The van der Waals surface area contributed by atoms with Gasteiger partial charge in [-0.05, 0) is 36.8 Å². The normalized spacial score (nSPS) is 11.9. The van der Waals surface area contributed by atoms with Crippen molar-refractivity contribution in [3.8, 4) is 5.75 Å². The lowest BCUT2D eigenvalue weighted by atomic mass is 10.1. The molecule has 2 rings (SSSR count). The molecule has 0 heterocycles. The molecule has 1 atom stereocenters. The van der Waals surface area contributed by atoms with Crippen LogP contribution in [-0.4, -0.2) is 18.3 Å². The molecular formula is C16H18ClNO2. The zero-order valence-electron chi connectivity index (χ0n) is 11.3. The van der Waals surface area contributed by atoms with Gasteiger partial charge in [0.15, 0.2) is 0 Å². The Hall–Kier alpha value is -1.71. The summed E-state index contributed by atoms with van der Waals surface area (Å²) in [5, 5.41) is 14.0. The number of nitrogens with one attached hydrogen (secondary N) is 1. The second-order valence-electron chi connectivity index (χ2n) is 4.41. The summed E-state index contributed by atoms with van der Waals surface area (Å²) in [6, 6.07) is 14.9. The van der Waals surface area contributed by atoms with Crippen LogP contribution >= 0.6 is 11.6 Å². The topological polar surface area (TPSA) is 41.5 Å². The lowest BCUT2D eigenvalue weighted by Gasteiger charge is -2.14. The van der Waals surface area contributed by atoms with E-state index in [1.807, 2.05) is 43.3 Å². The molecule has 0 aliphatic carbocycles. The number of ether oxygens (including phenoxy) is 1. The first-order chi connectivity index (χ1) is 9.69. The maximum Gasteiger partial charge on any atom is 0.121 e. The van der Waals surface area contributed by atoms with E-state index in [0.717, 1.165) is 17.0 Å². The van der Waals surface area contributed by atoms with Crippen LogP contribution in [0.3, 0.4) is 0 Å². The van der Waals surface area contributed by atoms with E-state index < -0.39 is 6.10 Å². The molecule has 2 N–H and O–H groups in total. The van der Waals surface area contributed by atoms with Gasteiger partial charge in [0.1, 0.15) is 5.75 Å². The van der Waals surface area contributed by atoms with Gasteiger partial charge in [-0.3, -0.25) is 0 Å². The first-order valence-corrected chi connectivity index (χ1v) is 6.97. The number of aliphatic hydroxyl groups is 1. The Morgan fingerprint density at radius 1 is 1.20 bits per heavy atom. The highest BCUT2D eigenvalue weighted by Crippen LogP contribution is 2.20. The van der Waals surface area contributed by atoms with Gasteiger partial charge in [0.2, 0.25) is 0 Å². The Labute approximate surface area is 124 Å². The van der Waals surface area contributed by atoms with Crippen LogP contribution in [0.15, 0.2) is 48.5 Å². The monoisotopic (exact) mass is 291 g/mol. The molecule has 20 heavy (non-hydrogen) atoms. The number of hydrogen-bond acceptors (Lipinski definition) is 3. The largest absolute Gasteiger partial charge is 0.494 e. The fourth-order valence-corrected chi connectivity index (χ4v) is 2.01. The molecule has 2 aromatic rings. The molecule has 106 valence electrons.